The van der Waals surface area contributed by atoms with E-state index in [2.05, 4.69) is 5.32 Å². The van der Waals surface area contributed by atoms with Gasteiger partial charge >= 0.3 is 11.9 Å². The Morgan fingerprint density at radius 1 is 1.25 bits per heavy atom. The number of aliphatic carboxylic acids is 1. The molecule has 1 aromatic carbocycles. The molecule has 1 amide bonds. The number of hydrogen-bond acceptors (Lipinski definition) is 3. The molecule has 0 saturated heterocycles. The van der Waals surface area contributed by atoms with Gasteiger partial charge in [0.15, 0.2) is 0 Å². The van der Waals surface area contributed by atoms with Gasteiger partial charge < -0.3 is 15.2 Å². The molecule has 16 heavy (non-hydrogen) atoms. The van der Waals surface area contributed by atoms with Gasteiger partial charge in [-0.1, -0.05) is 18.2 Å². The molecule has 0 aliphatic carbocycles. The fourth-order valence-corrected chi connectivity index (χ4v) is 1.06. The lowest BCUT2D eigenvalue weighted by atomic mass is 10.3. The normalized spacial score (nSPS) is 9.50. The maximum absolute atomic E-state index is 10.6. The molecular weight excluding hydrogens is 210 g/mol. The van der Waals surface area contributed by atoms with Crippen molar-refractivity contribution in [3.63, 3.8) is 0 Å². The first kappa shape index (κ1) is 12.0. The van der Waals surface area contributed by atoms with Crippen molar-refractivity contribution < 1.29 is 19.4 Å². The lowest BCUT2D eigenvalue weighted by Gasteiger charge is -2.05. The van der Waals surface area contributed by atoms with E-state index in [4.69, 9.17) is 9.84 Å². The molecule has 0 aliphatic heterocycles. The second-order valence-corrected chi connectivity index (χ2v) is 3.08. The van der Waals surface area contributed by atoms with Crippen molar-refractivity contribution in [3.05, 3.63) is 30.3 Å². The first-order valence-electron chi connectivity index (χ1n) is 4.89. The molecule has 0 aliphatic rings. The molecule has 0 radical (unpaired) electrons. The van der Waals surface area contributed by atoms with Gasteiger partial charge in [-0.3, -0.25) is 4.79 Å². The van der Waals surface area contributed by atoms with E-state index in [0.29, 0.717) is 13.0 Å². The molecule has 5 heteroatoms. The number of nitrogens with one attached hydrogen (secondary N) is 1. The third-order valence-electron chi connectivity index (χ3n) is 1.81. The van der Waals surface area contributed by atoms with Crippen LogP contribution in [0.25, 0.3) is 0 Å². The summed E-state index contributed by atoms with van der Waals surface area (Å²) in [6.07, 6.45) is 0.563. The average Bonchev–Trinajstić information content (AvgIpc) is 2.29. The average molecular weight is 223 g/mol. The molecule has 1 rings (SSSR count). The number of carbonyl (C=O) groups is 2. The molecule has 2 N–H and O–H groups in total. The SMILES string of the molecule is O=C(O)C(=O)NCCCOc1ccccc1. The van der Waals surface area contributed by atoms with E-state index >= 15 is 0 Å². The van der Waals surface area contributed by atoms with Gasteiger partial charge in [0, 0.05) is 6.54 Å². The van der Waals surface area contributed by atoms with E-state index < -0.39 is 11.9 Å². The van der Waals surface area contributed by atoms with Gasteiger partial charge in [0.1, 0.15) is 5.75 Å². The standard InChI is InChI=1S/C11H13NO4/c13-10(11(14)15)12-7-4-8-16-9-5-2-1-3-6-9/h1-3,5-6H,4,7-8H2,(H,12,13)(H,14,15). The van der Waals surface area contributed by atoms with E-state index in [1.807, 2.05) is 30.3 Å². The van der Waals surface area contributed by atoms with Crippen molar-refractivity contribution in [1.82, 2.24) is 5.32 Å². The lowest BCUT2D eigenvalue weighted by molar-refractivity contribution is -0.150. The fourth-order valence-electron chi connectivity index (χ4n) is 1.06. The van der Waals surface area contributed by atoms with Gasteiger partial charge in [-0.25, -0.2) is 4.79 Å². The predicted octanol–water partition coefficient (Wildman–Crippen LogP) is 0.656. The number of carbonyl (C=O) groups excluding carboxylic acids is 1. The third kappa shape index (κ3) is 4.45. The second kappa shape index (κ2) is 6.44. The Kier molecular flexibility index (Phi) is 4.85. The summed E-state index contributed by atoms with van der Waals surface area (Å²) in [5, 5.41) is 10.5. The largest absolute Gasteiger partial charge is 0.494 e. The van der Waals surface area contributed by atoms with E-state index in [0.717, 1.165) is 5.75 Å². The Morgan fingerprint density at radius 3 is 2.56 bits per heavy atom. The van der Waals surface area contributed by atoms with Gasteiger partial charge in [0.25, 0.3) is 0 Å². The minimum atomic E-state index is -1.47. The molecule has 0 unspecified atom stereocenters. The molecule has 0 fully saturated rings. The minimum absolute atomic E-state index is 0.290. The summed E-state index contributed by atoms with van der Waals surface area (Å²) in [4.78, 5) is 20.8. The monoisotopic (exact) mass is 223 g/mol. The molecule has 0 atom stereocenters. The van der Waals surface area contributed by atoms with Crippen LogP contribution in [0.1, 0.15) is 6.42 Å². The number of ether oxygens (including phenoxy) is 1. The maximum Gasteiger partial charge on any atom is 0.394 e. The number of carboxylic acid groups (broad SMARTS) is 1. The summed E-state index contributed by atoms with van der Waals surface area (Å²) >= 11 is 0. The van der Waals surface area contributed by atoms with Crippen molar-refractivity contribution in [2.45, 2.75) is 6.42 Å². The zero-order valence-electron chi connectivity index (χ0n) is 8.68. The Balaban J connectivity index is 2.09. The van der Waals surface area contributed by atoms with Crippen LogP contribution in [-0.2, 0) is 9.59 Å². The van der Waals surface area contributed by atoms with Crippen LogP contribution in [0.4, 0.5) is 0 Å². The maximum atomic E-state index is 10.6. The van der Waals surface area contributed by atoms with Crippen molar-refractivity contribution in [2.24, 2.45) is 0 Å². The number of carboxylic acids is 1. The first-order chi connectivity index (χ1) is 7.70. The number of rotatable bonds is 5. The third-order valence-corrected chi connectivity index (χ3v) is 1.81. The molecule has 0 aromatic heterocycles. The van der Waals surface area contributed by atoms with E-state index in [1.54, 1.807) is 0 Å². The Bertz CT molecular complexity index is 350. The van der Waals surface area contributed by atoms with Crippen LogP contribution >= 0.6 is 0 Å². The van der Waals surface area contributed by atoms with Crippen LogP contribution in [0.2, 0.25) is 0 Å². The zero-order chi connectivity index (χ0) is 11.8. The molecule has 5 nitrogen and oxygen atoms in total. The van der Waals surface area contributed by atoms with E-state index in [9.17, 15) is 9.59 Å². The van der Waals surface area contributed by atoms with Gasteiger partial charge in [-0.2, -0.15) is 0 Å². The van der Waals surface area contributed by atoms with E-state index in [1.165, 1.54) is 0 Å². The van der Waals surface area contributed by atoms with Crippen molar-refractivity contribution in [3.8, 4) is 5.75 Å². The van der Waals surface area contributed by atoms with Gasteiger partial charge in [-0.15, -0.1) is 0 Å². The zero-order valence-corrected chi connectivity index (χ0v) is 8.68. The number of benzene rings is 1. The summed E-state index contributed by atoms with van der Waals surface area (Å²) in [7, 11) is 0. The summed E-state index contributed by atoms with van der Waals surface area (Å²) < 4.78 is 5.35. The molecule has 0 saturated carbocycles. The number of para-hydroxylation sites is 1. The summed E-state index contributed by atoms with van der Waals surface area (Å²) in [5.41, 5.74) is 0. The van der Waals surface area contributed by atoms with Crippen LogP contribution in [0.3, 0.4) is 0 Å². The van der Waals surface area contributed by atoms with Gasteiger partial charge in [-0.05, 0) is 18.6 Å². The van der Waals surface area contributed by atoms with E-state index in [-0.39, 0.29) is 6.54 Å². The molecule has 0 spiro atoms. The summed E-state index contributed by atoms with van der Waals surface area (Å²) in [6.45, 7) is 0.724. The van der Waals surface area contributed by atoms with Crippen molar-refractivity contribution in [1.29, 1.82) is 0 Å². The molecule has 1 aromatic rings. The highest BCUT2D eigenvalue weighted by Crippen LogP contribution is 2.07. The van der Waals surface area contributed by atoms with Crippen molar-refractivity contribution >= 4 is 11.9 Å². The highest BCUT2D eigenvalue weighted by atomic mass is 16.5. The smallest absolute Gasteiger partial charge is 0.394 e. The van der Waals surface area contributed by atoms with Crippen molar-refractivity contribution in [2.75, 3.05) is 13.2 Å². The lowest BCUT2D eigenvalue weighted by Crippen LogP contribution is -2.31. The topological polar surface area (TPSA) is 75.6 Å². The minimum Gasteiger partial charge on any atom is -0.494 e. The Labute approximate surface area is 93.0 Å². The Morgan fingerprint density at radius 2 is 1.94 bits per heavy atom. The molecular formula is C11H13NO4. The number of amides is 1. The fraction of sp³-hybridized carbons (Fsp3) is 0.273. The second-order valence-electron chi connectivity index (χ2n) is 3.08. The van der Waals surface area contributed by atoms with Crippen LogP contribution in [0.5, 0.6) is 5.75 Å². The molecule has 0 bridgehead atoms. The van der Waals surface area contributed by atoms with Crippen LogP contribution in [0.15, 0.2) is 30.3 Å². The highest BCUT2D eigenvalue weighted by molar-refractivity contribution is 6.31. The number of hydrogen-bond donors (Lipinski definition) is 2. The first-order valence-corrected chi connectivity index (χ1v) is 4.89. The molecule has 86 valence electrons. The quantitative estimate of drug-likeness (QED) is 0.568. The Hall–Kier alpha value is -2.04. The molecule has 0 heterocycles. The highest BCUT2D eigenvalue weighted by Gasteiger charge is 2.08. The van der Waals surface area contributed by atoms with Crippen LogP contribution in [0, 0.1) is 0 Å². The van der Waals surface area contributed by atoms with Gasteiger partial charge in [0.05, 0.1) is 6.61 Å². The van der Waals surface area contributed by atoms with Crippen LogP contribution in [-0.4, -0.2) is 30.1 Å². The predicted molar refractivity (Wildman–Crippen MR) is 57.2 cm³/mol. The summed E-state index contributed by atoms with van der Waals surface area (Å²) in [6, 6.07) is 9.27. The van der Waals surface area contributed by atoms with Crippen LogP contribution < -0.4 is 10.1 Å². The summed E-state index contributed by atoms with van der Waals surface area (Å²) in [5.74, 6) is -1.70. The van der Waals surface area contributed by atoms with Gasteiger partial charge in [0.2, 0.25) is 0 Å².